The van der Waals surface area contributed by atoms with Crippen LogP contribution in [0.15, 0.2) is 36.4 Å². The summed E-state index contributed by atoms with van der Waals surface area (Å²) in [5.74, 6) is -1.07. The van der Waals surface area contributed by atoms with Gasteiger partial charge in [-0.1, -0.05) is 31.2 Å². The second kappa shape index (κ2) is 6.04. The third-order valence-electron chi connectivity index (χ3n) is 3.53. The van der Waals surface area contributed by atoms with Crippen molar-refractivity contribution in [1.82, 2.24) is 0 Å². The Morgan fingerprint density at radius 3 is 2.55 bits per heavy atom. The molecule has 0 fully saturated rings. The van der Waals surface area contributed by atoms with Crippen LogP contribution in [0.4, 0.5) is 14.5 Å². The first-order valence-electron chi connectivity index (χ1n) is 6.83. The highest BCUT2D eigenvalue weighted by Crippen LogP contribution is 2.27. The van der Waals surface area contributed by atoms with E-state index in [9.17, 15) is 8.78 Å². The second-order valence-corrected chi connectivity index (χ2v) is 4.99. The fraction of sp³-hybridized carbons (Fsp3) is 0.294. The van der Waals surface area contributed by atoms with Crippen LogP contribution in [0.25, 0.3) is 0 Å². The van der Waals surface area contributed by atoms with Gasteiger partial charge in [-0.2, -0.15) is 0 Å². The molecule has 0 spiro atoms. The minimum atomic E-state index is -0.552. The lowest BCUT2D eigenvalue weighted by atomic mass is 10.0. The Morgan fingerprint density at radius 1 is 1.15 bits per heavy atom. The lowest BCUT2D eigenvalue weighted by Crippen LogP contribution is -2.11. The molecule has 1 unspecified atom stereocenters. The van der Waals surface area contributed by atoms with E-state index in [1.165, 1.54) is 17.7 Å². The zero-order valence-corrected chi connectivity index (χ0v) is 12.0. The van der Waals surface area contributed by atoms with Gasteiger partial charge in [0.1, 0.15) is 11.6 Å². The van der Waals surface area contributed by atoms with Crippen molar-refractivity contribution < 1.29 is 8.78 Å². The SMILES string of the molecule is CCc1cccc(C)c1NC(C)c1ccc(F)cc1F. The molecule has 20 heavy (non-hydrogen) atoms. The lowest BCUT2D eigenvalue weighted by molar-refractivity contribution is 0.566. The maximum Gasteiger partial charge on any atom is 0.131 e. The van der Waals surface area contributed by atoms with Crippen molar-refractivity contribution in [2.24, 2.45) is 0 Å². The first-order chi connectivity index (χ1) is 9.52. The summed E-state index contributed by atoms with van der Waals surface area (Å²) in [4.78, 5) is 0. The van der Waals surface area contributed by atoms with Gasteiger partial charge in [0.2, 0.25) is 0 Å². The van der Waals surface area contributed by atoms with Gasteiger partial charge in [0.15, 0.2) is 0 Å². The average Bonchev–Trinajstić information content (AvgIpc) is 2.40. The molecule has 1 N–H and O–H groups in total. The summed E-state index contributed by atoms with van der Waals surface area (Å²) >= 11 is 0. The van der Waals surface area contributed by atoms with Crippen LogP contribution < -0.4 is 5.32 Å². The molecule has 0 aliphatic heterocycles. The molecule has 0 saturated heterocycles. The van der Waals surface area contributed by atoms with Gasteiger partial charge in [0.25, 0.3) is 0 Å². The molecule has 0 bridgehead atoms. The molecular weight excluding hydrogens is 256 g/mol. The lowest BCUT2D eigenvalue weighted by Gasteiger charge is -2.20. The van der Waals surface area contributed by atoms with Gasteiger partial charge < -0.3 is 5.32 Å². The number of rotatable bonds is 4. The normalized spacial score (nSPS) is 12.2. The number of aryl methyl sites for hydroxylation is 2. The van der Waals surface area contributed by atoms with E-state index in [-0.39, 0.29) is 6.04 Å². The minimum Gasteiger partial charge on any atom is -0.378 e. The zero-order valence-electron chi connectivity index (χ0n) is 12.0. The Balaban J connectivity index is 2.30. The molecule has 0 radical (unpaired) electrons. The van der Waals surface area contributed by atoms with Crippen molar-refractivity contribution in [3.63, 3.8) is 0 Å². The number of hydrogen-bond donors (Lipinski definition) is 1. The van der Waals surface area contributed by atoms with Gasteiger partial charge in [-0.3, -0.25) is 0 Å². The van der Waals surface area contributed by atoms with Crippen LogP contribution in [0.5, 0.6) is 0 Å². The van der Waals surface area contributed by atoms with Gasteiger partial charge >= 0.3 is 0 Å². The maximum atomic E-state index is 13.8. The second-order valence-electron chi connectivity index (χ2n) is 4.99. The molecule has 2 rings (SSSR count). The number of benzene rings is 2. The summed E-state index contributed by atoms with van der Waals surface area (Å²) in [5, 5.41) is 3.34. The summed E-state index contributed by atoms with van der Waals surface area (Å²) in [7, 11) is 0. The van der Waals surface area contributed by atoms with Crippen molar-refractivity contribution in [3.05, 3.63) is 64.7 Å². The minimum absolute atomic E-state index is 0.220. The Morgan fingerprint density at radius 2 is 1.90 bits per heavy atom. The van der Waals surface area contributed by atoms with Gasteiger partial charge in [-0.15, -0.1) is 0 Å². The van der Waals surface area contributed by atoms with Gasteiger partial charge in [0.05, 0.1) is 6.04 Å². The summed E-state index contributed by atoms with van der Waals surface area (Å²) < 4.78 is 26.8. The van der Waals surface area contributed by atoms with Crippen LogP contribution >= 0.6 is 0 Å². The highest BCUT2D eigenvalue weighted by molar-refractivity contribution is 5.58. The van der Waals surface area contributed by atoms with Gasteiger partial charge in [-0.25, -0.2) is 8.78 Å². The number of para-hydroxylation sites is 1. The van der Waals surface area contributed by atoms with Crippen LogP contribution in [-0.2, 0) is 6.42 Å². The van der Waals surface area contributed by atoms with Crippen molar-refractivity contribution in [3.8, 4) is 0 Å². The zero-order chi connectivity index (χ0) is 14.7. The molecule has 0 aliphatic carbocycles. The van der Waals surface area contributed by atoms with E-state index in [2.05, 4.69) is 18.3 Å². The topological polar surface area (TPSA) is 12.0 Å². The predicted molar refractivity (Wildman–Crippen MR) is 79.0 cm³/mol. The molecule has 0 amide bonds. The molecule has 1 atom stereocenters. The number of nitrogens with one attached hydrogen (secondary N) is 1. The standard InChI is InChI=1S/C17H19F2N/c1-4-13-7-5-6-11(2)17(13)20-12(3)15-9-8-14(18)10-16(15)19/h5-10,12,20H,4H2,1-3H3. The molecule has 0 heterocycles. The summed E-state index contributed by atoms with van der Waals surface area (Å²) in [6.07, 6.45) is 0.905. The van der Waals surface area contributed by atoms with Crippen LogP contribution in [0.3, 0.4) is 0 Å². The monoisotopic (exact) mass is 275 g/mol. The molecule has 0 saturated carbocycles. The first kappa shape index (κ1) is 14.5. The molecule has 3 heteroatoms. The Bertz CT molecular complexity index is 608. The van der Waals surface area contributed by atoms with E-state index in [0.717, 1.165) is 23.7 Å². The Kier molecular flexibility index (Phi) is 4.38. The van der Waals surface area contributed by atoms with Crippen molar-refractivity contribution in [1.29, 1.82) is 0 Å². The van der Waals surface area contributed by atoms with Crippen molar-refractivity contribution in [2.75, 3.05) is 5.32 Å². The fourth-order valence-corrected chi connectivity index (χ4v) is 2.38. The molecule has 2 aromatic carbocycles. The van der Waals surface area contributed by atoms with Crippen LogP contribution in [0, 0.1) is 18.6 Å². The smallest absolute Gasteiger partial charge is 0.131 e. The van der Waals surface area contributed by atoms with E-state index in [4.69, 9.17) is 0 Å². The van der Waals surface area contributed by atoms with E-state index in [1.807, 2.05) is 26.0 Å². The van der Waals surface area contributed by atoms with E-state index in [1.54, 1.807) is 0 Å². The highest BCUT2D eigenvalue weighted by Gasteiger charge is 2.14. The first-order valence-corrected chi connectivity index (χ1v) is 6.83. The van der Waals surface area contributed by atoms with E-state index >= 15 is 0 Å². The highest BCUT2D eigenvalue weighted by atomic mass is 19.1. The molecular formula is C17H19F2N. The number of anilines is 1. The quantitative estimate of drug-likeness (QED) is 0.827. The maximum absolute atomic E-state index is 13.8. The third kappa shape index (κ3) is 2.98. The van der Waals surface area contributed by atoms with E-state index in [0.29, 0.717) is 5.56 Å². The summed E-state index contributed by atoms with van der Waals surface area (Å²) in [6.45, 7) is 5.99. The predicted octanol–water partition coefficient (Wildman–Crippen LogP) is 5.01. The third-order valence-corrected chi connectivity index (χ3v) is 3.53. The Hall–Kier alpha value is -1.90. The van der Waals surface area contributed by atoms with Crippen LogP contribution in [-0.4, -0.2) is 0 Å². The van der Waals surface area contributed by atoms with Crippen molar-refractivity contribution in [2.45, 2.75) is 33.2 Å². The Labute approximate surface area is 118 Å². The summed E-state index contributed by atoms with van der Waals surface area (Å²) in [5.41, 5.74) is 3.82. The van der Waals surface area contributed by atoms with Crippen molar-refractivity contribution >= 4 is 5.69 Å². The van der Waals surface area contributed by atoms with E-state index < -0.39 is 11.6 Å². The number of halogens is 2. The molecule has 2 aromatic rings. The van der Waals surface area contributed by atoms with Crippen LogP contribution in [0.2, 0.25) is 0 Å². The molecule has 1 nitrogen and oxygen atoms in total. The average molecular weight is 275 g/mol. The summed E-state index contributed by atoms with van der Waals surface area (Å²) in [6, 6.07) is 9.58. The molecule has 106 valence electrons. The molecule has 0 aromatic heterocycles. The number of hydrogen-bond acceptors (Lipinski definition) is 1. The molecule has 0 aliphatic rings. The largest absolute Gasteiger partial charge is 0.378 e. The van der Waals surface area contributed by atoms with Gasteiger partial charge in [-0.05, 0) is 37.5 Å². The van der Waals surface area contributed by atoms with Crippen LogP contribution in [0.1, 0.15) is 36.6 Å². The fourth-order valence-electron chi connectivity index (χ4n) is 2.38. The van der Waals surface area contributed by atoms with Gasteiger partial charge in [0, 0.05) is 17.3 Å².